The minimum Gasteiger partial charge on any atom is -0.378 e. The normalized spacial score (nSPS) is 34.0. The molecular weight excluding hydrogens is 138 g/mol. The van der Waals surface area contributed by atoms with Crippen LogP contribution in [0.4, 0.5) is 0 Å². The molecule has 3 heteroatoms. The summed E-state index contributed by atoms with van der Waals surface area (Å²) in [7, 11) is 0. The molecule has 2 nitrogen and oxygen atoms in total. The molecule has 0 unspecified atom stereocenters. The van der Waals surface area contributed by atoms with Crippen LogP contribution in [0.15, 0.2) is 0 Å². The molecule has 2 atom stereocenters. The summed E-state index contributed by atoms with van der Waals surface area (Å²) in [6, 6.07) is 0. The van der Waals surface area contributed by atoms with Gasteiger partial charge in [-0.05, 0) is 25.8 Å². The zero-order valence-corrected chi connectivity index (χ0v) is 6.49. The number of hydrogen-bond acceptors (Lipinski definition) is 2. The number of ether oxygens (including phenoxy) is 1. The summed E-state index contributed by atoms with van der Waals surface area (Å²) in [5.74, 6) is 0.620. The van der Waals surface area contributed by atoms with Gasteiger partial charge in [-0.3, -0.25) is 0 Å². The molecular formula is C6H14ClNO. The third-order valence-electron chi connectivity index (χ3n) is 1.84. The maximum atomic E-state index is 5.44. The molecule has 1 aliphatic heterocycles. The average Bonchev–Trinajstić information content (AvgIpc) is 2.14. The Kier molecular flexibility index (Phi) is 4.19. The van der Waals surface area contributed by atoms with Crippen molar-refractivity contribution < 1.29 is 4.74 Å². The second-order valence-electron chi connectivity index (χ2n) is 2.36. The van der Waals surface area contributed by atoms with Gasteiger partial charge in [-0.25, -0.2) is 0 Å². The standard InChI is InChI=1S/C6H13NO.ClH/c1-5-6(4-7)2-3-8-5;/h5-6H,2-4,7H2,1H3;1H/t5-,6+;/m0./s1. The van der Waals surface area contributed by atoms with Crippen LogP contribution in [-0.2, 0) is 4.74 Å². The number of rotatable bonds is 1. The number of hydrogen-bond donors (Lipinski definition) is 1. The van der Waals surface area contributed by atoms with Crippen molar-refractivity contribution in [2.45, 2.75) is 19.4 Å². The lowest BCUT2D eigenvalue weighted by Gasteiger charge is -2.08. The Hall–Kier alpha value is 0.210. The molecule has 1 rings (SSSR count). The zero-order valence-electron chi connectivity index (χ0n) is 5.67. The summed E-state index contributed by atoms with van der Waals surface area (Å²) in [5.41, 5.74) is 5.44. The lowest BCUT2D eigenvalue weighted by atomic mass is 10.0. The molecule has 0 aromatic carbocycles. The first kappa shape index (κ1) is 9.21. The van der Waals surface area contributed by atoms with Gasteiger partial charge in [0.2, 0.25) is 0 Å². The molecule has 0 bridgehead atoms. The Bertz CT molecular complexity index is 79.5. The van der Waals surface area contributed by atoms with Crippen LogP contribution in [0.3, 0.4) is 0 Å². The summed E-state index contributed by atoms with van der Waals surface area (Å²) < 4.78 is 5.28. The van der Waals surface area contributed by atoms with E-state index in [1.807, 2.05) is 0 Å². The first-order valence-corrected chi connectivity index (χ1v) is 3.16. The monoisotopic (exact) mass is 151 g/mol. The molecule has 1 fully saturated rings. The molecule has 0 aliphatic carbocycles. The first-order chi connectivity index (χ1) is 3.84. The van der Waals surface area contributed by atoms with E-state index in [1.54, 1.807) is 0 Å². The van der Waals surface area contributed by atoms with Gasteiger partial charge in [-0.2, -0.15) is 0 Å². The zero-order chi connectivity index (χ0) is 5.98. The van der Waals surface area contributed by atoms with E-state index in [2.05, 4.69) is 6.92 Å². The van der Waals surface area contributed by atoms with Gasteiger partial charge in [0.05, 0.1) is 6.10 Å². The number of nitrogens with two attached hydrogens (primary N) is 1. The third-order valence-corrected chi connectivity index (χ3v) is 1.84. The Morgan fingerprint density at radius 2 is 2.33 bits per heavy atom. The highest BCUT2D eigenvalue weighted by atomic mass is 35.5. The second-order valence-corrected chi connectivity index (χ2v) is 2.36. The van der Waals surface area contributed by atoms with Gasteiger partial charge in [0, 0.05) is 6.61 Å². The van der Waals surface area contributed by atoms with Crippen LogP contribution in [-0.4, -0.2) is 19.3 Å². The van der Waals surface area contributed by atoms with Gasteiger partial charge >= 0.3 is 0 Å². The minimum atomic E-state index is 0. The van der Waals surface area contributed by atoms with Crippen molar-refractivity contribution in [3.63, 3.8) is 0 Å². The Morgan fingerprint density at radius 3 is 2.56 bits per heavy atom. The fraction of sp³-hybridized carbons (Fsp3) is 1.00. The quantitative estimate of drug-likeness (QED) is 0.602. The van der Waals surface area contributed by atoms with E-state index < -0.39 is 0 Å². The minimum absolute atomic E-state index is 0. The van der Waals surface area contributed by atoms with E-state index in [1.165, 1.54) is 0 Å². The molecule has 0 saturated carbocycles. The largest absolute Gasteiger partial charge is 0.378 e. The summed E-state index contributed by atoms with van der Waals surface area (Å²) in [6.07, 6.45) is 1.55. The molecule has 56 valence electrons. The van der Waals surface area contributed by atoms with Crippen molar-refractivity contribution in [1.82, 2.24) is 0 Å². The summed E-state index contributed by atoms with van der Waals surface area (Å²) in [5, 5.41) is 0. The van der Waals surface area contributed by atoms with Crippen LogP contribution >= 0.6 is 12.4 Å². The van der Waals surface area contributed by atoms with Gasteiger partial charge in [-0.1, -0.05) is 0 Å². The molecule has 0 aromatic heterocycles. The van der Waals surface area contributed by atoms with E-state index in [4.69, 9.17) is 10.5 Å². The van der Waals surface area contributed by atoms with E-state index in [-0.39, 0.29) is 12.4 Å². The lowest BCUT2D eigenvalue weighted by Crippen LogP contribution is -2.20. The predicted molar refractivity (Wildman–Crippen MR) is 39.8 cm³/mol. The smallest absolute Gasteiger partial charge is 0.0588 e. The molecule has 0 spiro atoms. The molecule has 0 aromatic rings. The molecule has 2 N–H and O–H groups in total. The SMILES string of the molecule is C[C@@H]1OCC[C@@H]1CN.Cl. The maximum absolute atomic E-state index is 5.44. The summed E-state index contributed by atoms with van der Waals surface area (Å²) in [4.78, 5) is 0. The lowest BCUT2D eigenvalue weighted by molar-refractivity contribution is 0.107. The fourth-order valence-corrected chi connectivity index (χ4v) is 1.09. The second kappa shape index (κ2) is 4.09. The van der Waals surface area contributed by atoms with Crippen molar-refractivity contribution in [2.75, 3.05) is 13.2 Å². The predicted octanol–water partition coefficient (Wildman–Crippen LogP) is 0.792. The highest BCUT2D eigenvalue weighted by molar-refractivity contribution is 5.85. The Balaban J connectivity index is 0.000000640. The Labute approximate surface area is 62.2 Å². The molecule has 1 aliphatic rings. The third kappa shape index (κ3) is 2.12. The maximum Gasteiger partial charge on any atom is 0.0588 e. The van der Waals surface area contributed by atoms with Crippen LogP contribution in [0.5, 0.6) is 0 Å². The van der Waals surface area contributed by atoms with Crippen LogP contribution in [0.25, 0.3) is 0 Å². The van der Waals surface area contributed by atoms with Crippen molar-refractivity contribution in [3.8, 4) is 0 Å². The number of halogens is 1. The van der Waals surface area contributed by atoms with Gasteiger partial charge in [0.1, 0.15) is 0 Å². The topological polar surface area (TPSA) is 35.2 Å². The van der Waals surface area contributed by atoms with Crippen molar-refractivity contribution in [3.05, 3.63) is 0 Å². The van der Waals surface area contributed by atoms with E-state index in [9.17, 15) is 0 Å². The van der Waals surface area contributed by atoms with Gasteiger partial charge in [-0.15, -0.1) is 12.4 Å². The average molecular weight is 152 g/mol. The first-order valence-electron chi connectivity index (χ1n) is 3.16. The van der Waals surface area contributed by atoms with Crippen LogP contribution < -0.4 is 5.73 Å². The highest BCUT2D eigenvalue weighted by Crippen LogP contribution is 2.18. The van der Waals surface area contributed by atoms with E-state index in [0.29, 0.717) is 12.0 Å². The molecule has 0 radical (unpaired) electrons. The van der Waals surface area contributed by atoms with Gasteiger partial charge in [0.15, 0.2) is 0 Å². The summed E-state index contributed by atoms with van der Waals surface area (Å²) >= 11 is 0. The molecule has 1 heterocycles. The van der Waals surface area contributed by atoms with Crippen molar-refractivity contribution in [1.29, 1.82) is 0 Å². The fourth-order valence-electron chi connectivity index (χ4n) is 1.09. The molecule has 1 saturated heterocycles. The van der Waals surface area contributed by atoms with Crippen molar-refractivity contribution in [2.24, 2.45) is 11.7 Å². The highest BCUT2D eigenvalue weighted by Gasteiger charge is 2.21. The van der Waals surface area contributed by atoms with E-state index in [0.717, 1.165) is 19.6 Å². The summed E-state index contributed by atoms with van der Waals surface area (Å²) in [6.45, 7) is 3.77. The van der Waals surface area contributed by atoms with Crippen LogP contribution in [0.2, 0.25) is 0 Å². The molecule has 0 amide bonds. The molecule has 9 heavy (non-hydrogen) atoms. The Morgan fingerprint density at radius 1 is 1.67 bits per heavy atom. The van der Waals surface area contributed by atoms with Crippen molar-refractivity contribution >= 4 is 12.4 Å². The van der Waals surface area contributed by atoms with Gasteiger partial charge in [0.25, 0.3) is 0 Å². The van der Waals surface area contributed by atoms with Crippen LogP contribution in [0.1, 0.15) is 13.3 Å². The van der Waals surface area contributed by atoms with Crippen LogP contribution in [0, 0.1) is 5.92 Å². The van der Waals surface area contributed by atoms with Gasteiger partial charge < -0.3 is 10.5 Å². The van der Waals surface area contributed by atoms with E-state index >= 15 is 0 Å².